The molecule has 0 radical (unpaired) electrons. The summed E-state index contributed by atoms with van der Waals surface area (Å²) in [6, 6.07) is 7.08. The highest BCUT2D eigenvalue weighted by Gasteiger charge is 2.07. The Morgan fingerprint density at radius 2 is 1.79 bits per heavy atom. The number of rotatable bonds is 2. The molecular weight excluding hydrogens is 178 g/mol. The van der Waals surface area contributed by atoms with Gasteiger partial charge in [0.15, 0.2) is 0 Å². The zero-order chi connectivity index (χ0) is 10.6. The van der Waals surface area contributed by atoms with Crippen LogP contribution in [0.15, 0.2) is 24.3 Å². The second kappa shape index (κ2) is 4.56. The fraction of sp³-hybridized carbons (Fsp3) is 0.273. The van der Waals surface area contributed by atoms with Crippen LogP contribution >= 0.6 is 0 Å². The van der Waals surface area contributed by atoms with E-state index >= 15 is 0 Å². The summed E-state index contributed by atoms with van der Waals surface area (Å²) in [4.78, 5) is 22.3. The maximum absolute atomic E-state index is 11.4. The number of aryl methyl sites for hydroxylation is 1. The van der Waals surface area contributed by atoms with Crippen LogP contribution in [-0.4, -0.2) is 11.8 Å². The summed E-state index contributed by atoms with van der Waals surface area (Å²) in [5, 5.41) is 2.29. The summed E-state index contributed by atoms with van der Waals surface area (Å²) in [5.74, 6) is -0.590. The van der Waals surface area contributed by atoms with Crippen LogP contribution in [0.25, 0.3) is 0 Å². The highest BCUT2D eigenvalue weighted by molar-refractivity contribution is 6.04. The van der Waals surface area contributed by atoms with Gasteiger partial charge in [-0.3, -0.25) is 14.9 Å². The van der Waals surface area contributed by atoms with Gasteiger partial charge in [0.1, 0.15) is 0 Å². The second-order valence-electron chi connectivity index (χ2n) is 3.10. The van der Waals surface area contributed by atoms with Crippen molar-refractivity contribution in [1.82, 2.24) is 5.32 Å². The van der Waals surface area contributed by atoms with Gasteiger partial charge in [-0.25, -0.2) is 0 Å². The average Bonchev–Trinajstić information content (AvgIpc) is 2.18. The molecule has 0 aliphatic carbocycles. The Morgan fingerprint density at radius 3 is 2.29 bits per heavy atom. The minimum Gasteiger partial charge on any atom is -0.292 e. The van der Waals surface area contributed by atoms with Crippen molar-refractivity contribution in [1.29, 1.82) is 0 Å². The van der Waals surface area contributed by atoms with E-state index in [-0.39, 0.29) is 11.8 Å². The van der Waals surface area contributed by atoms with Crippen molar-refractivity contribution in [2.75, 3.05) is 0 Å². The van der Waals surface area contributed by atoms with Crippen LogP contribution in [-0.2, 0) is 4.79 Å². The molecule has 14 heavy (non-hydrogen) atoms. The van der Waals surface area contributed by atoms with Gasteiger partial charge in [-0.15, -0.1) is 0 Å². The zero-order valence-electron chi connectivity index (χ0n) is 8.33. The summed E-state index contributed by atoms with van der Waals surface area (Å²) in [5.41, 5.74) is 1.60. The molecule has 0 saturated carbocycles. The van der Waals surface area contributed by atoms with Crippen LogP contribution in [0.5, 0.6) is 0 Å². The molecule has 0 saturated heterocycles. The van der Waals surface area contributed by atoms with Crippen LogP contribution < -0.4 is 5.32 Å². The molecule has 0 spiro atoms. The number of carbonyl (C=O) groups excluding carboxylic acids is 2. The van der Waals surface area contributed by atoms with Crippen molar-refractivity contribution in [3.8, 4) is 0 Å². The Balaban J connectivity index is 2.70. The van der Waals surface area contributed by atoms with E-state index in [1.807, 2.05) is 19.1 Å². The van der Waals surface area contributed by atoms with Crippen molar-refractivity contribution in [3.63, 3.8) is 0 Å². The van der Waals surface area contributed by atoms with Crippen LogP contribution in [0.1, 0.15) is 29.3 Å². The van der Waals surface area contributed by atoms with Crippen LogP contribution in [0, 0.1) is 6.92 Å². The van der Waals surface area contributed by atoms with E-state index in [9.17, 15) is 9.59 Å². The molecule has 1 aromatic carbocycles. The van der Waals surface area contributed by atoms with E-state index in [4.69, 9.17) is 0 Å². The quantitative estimate of drug-likeness (QED) is 0.772. The van der Waals surface area contributed by atoms with E-state index in [1.165, 1.54) is 0 Å². The second-order valence-corrected chi connectivity index (χ2v) is 3.10. The monoisotopic (exact) mass is 191 g/mol. The molecule has 0 unspecified atom stereocenters. The lowest BCUT2D eigenvalue weighted by Gasteiger charge is -2.02. The number of hydrogen-bond acceptors (Lipinski definition) is 2. The SMILES string of the molecule is CCC(=O)NC(=O)c1ccc(C)cc1. The molecular formula is C11H13NO2. The molecule has 0 bridgehead atoms. The predicted octanol–water partition coefficient (Wildman–Crippen LogP) is 1.66. The van der Waals surface area contributed by atoms with Crippen molar-refractivity contribution in [2.24, 2.45) is 0 Å². The van der Waals surface area contributed by atoms with Crippen molar-refractivity contribution >= 4 is 11.8 Å². The molecule has 0 aliphatic heterocycles. The first-order valence-electron chi connectivity index (χ1n) is 4.54. The van der Waals surface area contributed by atoms with E-state index in [2.05, 4.69) is 5.32 Å². The first kappa shape index (κ1) is 10.4. The van der Waals surface area contributed by atoms with Gasteiger partial charge in [-0.2, -0.15) is 0 Å². The van der Waals surface area contributed by atoms with E-state index in [0.717, 1.165) is 5.56 Å². The smallest absolute Gasteiger partial charge is 0.257 e. The molecule has 3 heteroatoms. The summed E-state index contributed by atoms with van der Waals surface area (Å²) in [6.45, 7) is 3.65. The van der Waals surface area contributed by atoms with Gasteiger partial charge in [0.2, 0.25) is 5.91 Å². The molecule has 0 fully saturated rings. The normalized spacial score (nSPS) is 9.57. The van der Waals surface area contributed by atoms with E-state index in [1.54, 1.807) is 19.1 Å². The third-order valence-corrected chi connectivity index (χ3v) is 1.89. The van der Waals surface area contributed by atoms with E-state index in [0.29, 0.717) is 12.0 Å². The Morgan fingerprint density at radius 1 is 1.21 bits per heavy atom. The highest BCUT2D eigenvalue weighted by atomic mass is 16.2. The maximum atomic E-state index is 11.4. The average molecular weight is 191 g/mol. The molecule has 0 heterocycles. The van der Waals surface area contributed by atoms with E-state index < -0.39 is 0 Å². The van der Waals surface area contributed by atoms with Gasteiger partial charge in [0.25, 0.3) is 5.91 Å². The van der Waals surface area contributed by atoms with Crippen molar-refractivity contribution in [2.45, 2.75) is 20.3 Å². The van der Waals surface area contributed by atoms with Gasteiger partial charge in [0, 0.05) is 12.0 Å². The zero-order valence-corrected chi connectivity index (χ0v) is 8.33. The lowest BCUT2D eigenvalue weighted by Crippen LogP contribution is -2.29. The summed E-state index contributed by atoms with van der Waals surface area (Å²) in [7, 11) is 0. The Labute approximate surface area is 83.1 Å². The van der Waals surface area contributed by atoms with Gasteiger partial charge in [-0.1, -0.05) is 24.6 Å². The number of amides is 2. The standard InChI is InChI=1S/C11H13NO2/c1-3-10(13)12-11(14)9-6-4-8(2)5-7-9/h4-7H,3H2,1-2H3,(H,12,13,14). The Bertz CT molecular complexity index is 341. The topological polar surface area (TPSA) is 46.2 Å². The molecule has 0 aliphatic rings. The number of nitrogens with one attached hydrogen (secondary N) is 1. The molecule has 0 aromatic heterocycles. The minimum absolute atomic E-state index is 0.254. The number of hydrogen-bond donors (Lipinski definition) is 1. The van der Waals surface area contributed by atoms with Gasteiger partial charge < -0.3 is 0 Å². The first-order valence-corrected chi connectivity index (χ1v) is 4.54. The molecule has 1 N–H and O–H groups in total. The molecule has 1 rings (SSSR count). The molecule has 1 aromatic rings. The molecule has 3 nitrogen and oxygen atoms in total. The van der Waals surface area contributed by atoms with Gasteiger partial charge >= 0.3 is 0 Å². The Kier molecular flexibility index (Phi) is 3.40. The number of benzene rings is 1. The highest BCUT2D eigenvalue weighted by Crippen LogP contribution is 2.02. The summed E-state index contributed by atoms with van der Waals surface area (Å²) < 4.78 is 0. The Hall–Kier alpha value is -1.64. The maximum Gasteiger partial charge on any atom is 0.257 e. The molecule has 2 amide bonds. The first-order chi connectivity index (χ1) is 6.63. The van der Waals surface area contributed by atoms with Crippen LogP contribution in [0.3, 0.4) is 0 Å². The lowest BCUT2D eigenvalue weighted by molar-refractivity contribution is -0.119. The molecule has 74 valence electrons. The minimum atomic E-state index is -0.336. The van der Waals surface area contributed by atoms with Crippen LogP contribution in [0.4, 0.5) is 0 Å². The van der Waals surface area contributed by atoms with Crippen molar-refractivity contribution in [3.05, 3.63) is 35.4 Å². The number of imide groups is 1. The predicted molar refractivity (Wildman–Crippen MR) is 53.9 cm³/mol. The fourth-order valence-corrected chi connectivity index (χ4v) is 0.992. The largest absolute Gasteiger partial charge is 0.292 e. The lowest BCUT2D eigenvalue weighted by atomic mass is 10.1. The van der Waals surface area contributed by atoms with Gasteiger partial charge in [-0.05, 0) is 19.1 Å². The van der Waals surface area contributed by atoms with Gasteiger partial charge in [0.05, 0.1) is 0 Å². The third-order valence-electron chi connectivity index (χ3n) is 1.89. The number of carbonyl (C=O) groups is 2. The molecule has 0 atom stereocenters. The fourth-order valence-electron chi connectivity index (χ4n) is 0.992. The third kappa shape index (κ3) is 2.69. The van der Waals surface area contributed by atoms with Crippen molar-refractivity contribution < 1.29 is 9.59 Å². The summed E-state index contributed by atoms with van der Waals surface area (Å²) >= 11 is 0. The van der Waals surface area contributed by atoms with Crippen LogP contribution in [0.2, 0.25) is 0 Å². The summed E-state index contributed by atoms with van der Waals surface area (Å²) in [6.07, 6.45) is 0.317.